The lowest BCUT2D eigenvalue weighted by atomic mass is 10.3. The lowest BCUT2D eigenvalue weighted by molar-refractivity contribution is 0.0914. The number of guanidine groups is 1. The quantitative estimate of drug-likeness (QED) is 0.605. The van der Waals surface area contributed by atoms with E-state index < -0.39 is 0 Å². The predicted octanol–water partition coefficient (Wildman–Crippen LogP) is 2.30. The zero-order chi connectivity index (χ0) is 18.9. The van der Waals surface area contributed by atoms with Crippen LogP contribution in [0, 0.1) is 6.92 Å². The van der Waals surface area contributed by atoms with Gasteiger partial charge >= 0.3 is 6.09 Å². The van der Waals surface area contributed by atoms with Gasteiger partial charge < -0.3 is 19.9 Å². The molecule has 146 valence electrons. The van der Waals surface area contributed by atoms with Crippen molar-refractivity contribution in [2.45, 2.75) is 40.5 Å². The second kappa shape index (κ2) is 10.4. The summed E-state index contributed by atoms with van der Waals surface area (Å²) in [4.78, 5) is 26.6. The molecule has 1 aliphatic rings. The molecule has 2 rings (SSSR count). The molecular weight excluding hydrogens is 350 g/mol. The summed E-state index contributed by atoms with van der Waals surface area (Å²) in [6.07, 6.45) is 1.63. The van der Waals surface area contributed by atoms with Gasteiger partial charge in [-0.25, -0.2) is 9.78 Å². The molecule has 1 aromatic rings. The first-order valence-corrected chi connectivity index (χ1v) is 10.3. The van der Waals surface area contributed by atoms with Crippen molar-refractivity contribution in [3.05, 3.63) is 15.6 Å². The summed E-state index contributed by atoms with van der Waals surface area (Å²) in [7, 11) is 0. The summed E-state index contributed by atoms with van der Waals surface area (Å²) < 4.78 is 5.08. The van der Waals surface area contributed by atoms with Gasteiger partial charge in [-0.15, -0.1) is 11.3 Å². The van der Waals surface area contributed by atoms with E-state index in [1.807, 2.05) is 6.92 Å². The number of amides is 1. The average Bonchev–Trinajstić information content (AvgIpc) is 3.01. The first-order valence-electron chi connectivity index (χ1n) is 9.49. The molecule has 1 aromatic heterocycles. The summed E-state index contributed by atoms with van der Waals surface area (Å²) in [5, 5.41) is 4.52. The van der Waals surface area contributed by atoms with E-state index in [1.54, 1.807) is 16.2 Å². The van der Waals surface area contributed by atoms with E-state index in [4.69, 9.17) is 9.73 Å². The SMILES string of the molecule is CCNC(=NCCc1nc(CC)c(C)s1)N1CCN(C(=O)OCC)CC1. The third-order valence-corrected chi connectivity index (χ3v) is 5.37. The molecule has 7 nitrogen and oxygen atoms in total. The minimum Gasteiger partial charge on any atom is -0.450 e. The lowest BCUT2D eigenvalue weighted by Gasteiger charge is -2.35. The zero-order valence-corrected chi connectivity index (χ0v) is 17.2. The highest BCUT2D eigenvalue weighted by molar-refractivity contribution is 7.11. The van der Waals surface area contributed by atoms with Crippen LogP contribution in [-0.2, 0) is 17.6 Å². The van der Waals surface area contributed by atoms with Crippen LogP contribution >= 0.6 is 11.3 Å². The van der Waals surface area contributed by atoms with E-state index in [1.165, 1.54) is 10.6 Å². The topological polar surface area (TPSA) is 70.1 Å². The van der Waals surface area contributed by atoms with E-state index in [9.17, 15) is 4.79 Å². The van der Waals surface area contributed by atoms with Crippen molar-refractivity contribution in [3.8, 4) is 0 Å². The molecule has 0 aromatic carbocycles. The van der Waals surface area contributed by atoms with Gasteiger partial charge in [-0.3, -0.25) is 4.99 Å². The Bertz CT molecular complexity index is 609. The number of aliphatic imine (C=N–C) groups is 1. The van der Waals surface area contributed by atoms with Crippen molar-refractivity contribution >= 4 is 23.4 Å². The van der Waals surface area contributed by atoms with Crippen molar-refractivity contribution in [2.75, 3.05) is 45.9 Å². The van der Waals surface area contributed by atoms with E-state index in [2.05, 4.69) is 36.0 Å². The molecule has 0 bridgehead atoms. The van der Waals surface area contributed by atoms with Crippen molar-refractivity contribution in [2.24, 2.45) is 4.99 Å². The largest absolute Gasteiger partial charge is 0.450 e. The summed E-state index contributed by atoms with van der Waals surface area (Å²) >= 11 is 1.78. The second-order valence-electron chi connectivity index (χ2n) is 6.12. The maximum atomic E-state index is 11.8. The first-order chi connectivity index (χ1) is 12.6. The number of nitrogens with one attached hydrogen (secondary N) is 1. The molecule has 8 heteroatoms. The monoisotopic (exact) mass is 381 g/mol. The number of carbonyl (C=O) groups is 1. The van der Waals surface area contributed by atoms with Crippen molar-refractivity contribution in [3.63, 3.8) is 0 Å². The van der Waals surface area contributed by atoms with Crippen LogP contribution in [0.25, 0.3) is 0 Å². The molecule has 26 heavy (non-hydrogen) atoms. The van der Waals surface area contributed by atoms with Crippen LogP contribution in [0.3, 0.4) is 0 Å². The Morgan fingerprint density at radius 3 is 2.50 bits per heavy atom. The Morgan fingerprint density at radius 1 is 1.23 bits per heavy atom. The van der Waals surface area contributed by atoms with Gasteiger partial charge in [-0.05, 0) is 27.2 Å². The highest BCUT2D eigenvalue weighted by Crippen LogP contribution is 2.18. The minimum absolute atomic E-state index is 0.222. The van der Waals surface area contributed by atoms with Crippen LogP contribution in [-0.4, -0.2) is 72.7 Å². The Labute approximate surface area is 160 Å². The van der Waals surface area contributed by atoms with E-state index >= 15 is 0 Å². The molecule has 0 unspecified atom stereocenters. The van der Waals surface area contributed by atoms with E-state index in [-0.39, 0.29) is 6.09 Å². The fraction of sp³-hybridized carbons (Fsp3) is 0.722. The number of aryl methyl sites for hydroxylation is 2. The molecular formula is C18H31N5O2S. The molecule has 1 saturated heterocycles. The molecule has 0 atom stereocenters. The number of piperazine rings is 1. The molecule has 1 fully saturated rings. The predicted molar refractivity (Wildman–Crippen MR) is 106 cm³/mol. The van der Waals surface area contributed by atoms with Gasteiger partial charge in [-0.2, -0.15) is 0 Å². The van der Waals surface area contributed by atoms with Crippen LogP contribution in [0.1, 0.15) is 36.3 Å². The van der Waals surface area contributed by atoms with Gasteiger partial charge in [0.05, 0.1) is 17.3 Å². The van der Waals surface area contributed by atoms with Gasteiger partial charge in [0.1, 0.15) is 0 Å². The molecule has 0 radical (unpaired) electrons. The van der Waals surface area contributed by atoms with Gasteiger partial charge in [0.2, 0.25) is 0 Å². The average molecular weight is 382 g/mol. The summed E-state index contributed by atoms with van der Waals surface area (Å²) in [6, 6.07) is 0. The Balaban J connectivity index is 1.89. The third kappa shape index (κ3) is 5.59. The van der Waals surface area contributed by atoms with Crippen LogP contribution in [0.2, 0.25) is 0 Å². The van der Waals surface area contributed by atoms with Crippen molar-refractivity contribution in [1.82, 2.24) is 20.1 Å². The van der Waals surface area contributed by atoms with Crippen molar-refractivity contribution in [1.29, 1.82) is 0 Å². The van der Waals surface area contributed by atoms with Crippen molar-refractivity contribution < 1.29 is 9.53 Å². The number of hydrogen-bond donors (Lipinski definition) is 1. The number of hydrogen-bond acceptors (Lipinski definition) is 5. The summed E-state index contributed by atoms with van der Waals surface area (Å²) in [6.45, 7) is 13.0. The van der Waals surface area contributed by atoms with Gasteiger partial charge in [-0.1, -0.05) is 6.92 Å². The second-order valence-corrected chi connectivity index (χ2v) is 7.41. The molecule has 2 heterocycles. The number of ether oxygens (including phenoxy) is 1. The molecule has 0 saturated carbocycles. The fourth-order valence-electron chi connectivity index (χ4n) is 2.92. The smallest absolute Gasteiger partial charge is 0.409 e. The van der Waals surface area contributed by atoms with Crippen LogP contribution in [0.4, 0.5) is 4.79 Å². The Hall–Kier alpha value is -1.83. The number of carbonyl (C=O) groups excluding carboxylic acids is 1. The van der Waals surface area contributed by atoms with Gasteiger partial charge in [0.15, 0.2) is 5.96 Å². The third-order valence-electron chi connectivity index (χ3n) is 4.30. The molecule has 0 aliphatic carbocycles. The van der Waals surface area contributed by atoms with Gasteiger partial charge in [0.25, 0.3) is 0 Å². The maximum Gasteiger partial charge on any atom is 0.409 e. The number of thiazole rings is 1. The number of aromatic nitrogens is 1. The molecule has 0 spiro atoms. The highest BCUT2D eigenvalue weighted by Gasteiger charge is 2.23. The lowest BCUT2D eigenvalue weighted by Crippen LogP contribution is -2.54. The highest BCUT2D eigenvalue weighted by atomic mass is 32.1. The molecule has 1 amide bonds. The van der Waals surface area contributed by atoms with Crippen LogP contribution in [0.15, 0.2) is 4.99 Å². The summed E-state index contributed by atoms with van der Waals surface area (Å²) in [5.74, 6) is 0.917. The normalized spacial score (nSPS) is 15.3. The number of rotatable bonds is 6. The Morgan fingerprint density at radius 2 is 1.92 bits per heavy atom. The van der Waals surface area contributed by atoms with Crippen LogP contribution < -0.4 is 5.32 Å². The maximum absolute atomic E-state index is 11.8. The van der Waals surface area contributed by atoms with Crippen LogP contribution in [0.5, 0.6) is 0 Å². The molecule has 1 N–H and O–H groups in total. The summed E-state index contributed by atoms with van der Waals surface area (Å²) in [5.41, 5.74) is 1.20. The fourth-order valence-corrected chi connectivity index (χ4v) is 3.93. The molecule has 1 aliphatic heterocycles. The zero-order valence-electron chi connectivity index (χ0n) is 16.4. The van der Waals surface area contributed by atoms with E-state index in [0.29, 0.717) is 19.7 Å². The van der Waals surface area contributed by atoms with E-state index in [0.717, 1.165) is 50.0 Å². The first kappa shape index (κ1) is 20.5. The van der Waals surface area contributed by atoms with Gasteiger partial charge in [0, 0.05) is 50.6 Å². The standard InChI is InChI=1S/C18H31N5O2S/c1-5-15-14(4)26-16(21-15)8-9-20-17(19-6-2)22-10-12-23(13-11-22)18(24)25-7-3/h5-13H2,1-4H3,(H,19,20). The minimum atomic E-state index is -0.222. The Kier molecular flexibility index (Phi) is 8.15. The number of nitrogens with zero attached hydrogens (tertiary/aromatic N) is 4.